The molecule has 0 saturated carbocycles. The summed E-state index contributed by atoms with van der Waals surface area (Å²) in [6.45, 7) is 6.62. The van der Waals surface area contributed by atoms with Crippen LogP contribution in [0.25, 0.3) is 11.1 Å². The van der Waals surface area contributed by atoms with Gasteiger partial charge in [0.05, 0.1) is 17.6 Å². The molecule has 1 atom stereocenters. The van der Waals surface area contributed by atoms with Crippen LogP contribution in [-0.4, -0.2) is 71.0 Å². The van der Waals surface area contributed by atoms with Crippen molar-refractivity contribution in [2.75, 3.05) is 44.9 Å². The van der Waals surface area contributed by atoms with Gasteiger partial charge in [0.1, 0.15) is 11.8 Å². The van der Waals surface area contributed by atoms with Crippen LogP contribution in [0.5, 0.6) is 5.75 Å². The van der Waals surface area contributed by atoms with Crippen molar-refractivity contribution in [1.29, 1.82) is 0 Å². The summed E-state index contributed by atoms with van der Waals surface area (Å²) in [5.74, 6) is 0.234. The topological polar surface area (TPSA) is 70.9 Å². The maximum absolute atomic E-state index is 13.7. The molecule has 1 unspecified atom stereocenters. The van der Waals surface area contributed by atoms with Crippen LogP contribution in [0.4, 0.5) is 5.69 Å². The Hall–Kier alpha value is -3.65. The summed E-state index contributed by atoms with van der Waals surface area (Å²) in [6.07, 6.45) is 3.67. The molecular formula is C28H31N5O3. The van der Waals surface area contributed by atoms with E-state index in [9.17, 15) is 9.59 Å². The number of piperazine rings is 1. The lowest BCUT2D eigenvalue weighted by Gasteiger charge is -2.34. The van der Waals surface area contributed by atoms with Gasteiger partial charge in [-0.15, -0.1) is 0 Å². The van der Waals surface area contributed by atoms with Crippen LogP contribution in [-0.2, 0) is 17.8 Å². The molecule has 0 spiro atoms. The van der Waals surface area contributed by atoms with E-state index in [-0.39, 0.29) is 18.4 Å². The van der Waals surface area contributed by atoms with E-state index >= 15 is 0 Å². The normalized spacial score (nSPS) is 18.6. The fraction of sp³-hybridized carbons (Fsp3) is 0.393. The molecule has 0 radical (unpaired) electrons. The highest BCUT2D eigenvalue weighted by Crippen LogP contribution is 2.36. The molecule has 4 heterocycles. The third-order valence-electron chi connectivity index (χ3n) is 7.65. The van der Waals surface area contributed by atoms with Gasteiger partial charge in [0, 0.05) is 44.1 Å². The van der Waals surface area contributed by atoms with Gasteiger partial charge in [0.25, 0.3) is 5.91 Å². The summed E-state index contributed by atoms with van der Waals surface area (Å²) in [4.78, 5) is 37.2. The molecule has 2 aromatic carbocycles. The highest BCUT2D eigenvalue weighted by molar-refractivity contribution is 6.01. The van der Waals surface area contributed by atoms with Crippen LogP contribution in [0, 0.1) is 0 Å². The minimum absolute atomic E-state index is 0.0292. The third-order valence-corrected chi connectivity index (χ3v) is 7.65. The fourth-order valence-corrected chi connectivity index (χ4v) is 5.57. The summed E-state index contributed by atoms with van der Waals surface area (Å²) in [6, 6.07) is 13.5. The fourth-order valence-electron chi connectivity index (χ4n) is 5.57. The van der Waals surface area contributed by atoms with E-state index in [0.29, 0.717) is 17.0 Å². The largest absolute Gasteiger partial charge is 0.472 e. The molecule has 0 aliphatic carbocycles. The summed E-state index contributed by atoms with van der Waals surface area (Å²) < 4.78 is 8.04. The van der Waals surface area contributed by atoms with Gasteiger partial charge in [0.2, 0.25) is 0 Å². The lowest BCUT2D eigenvalue weighted by Crippen LogP contribution is -2.44. The second kappa shape index (κ2) is 9.09. The Labute approximate surface area is 211 Å². The number of hydrogen-bond donors (Lipinski definition) is 0. The number of fused-ring (bicyclic) bond motifs is 2. The smallest absolute Gasteiger partial charge is 0.261 e. The van der Waals surface area contributed by atoms with Crippen molar-refractivity contribution in [3.63, 3.8) is 0 Å². The van der Waals surface area contributed by atoms with Crippen molar-refractivity contribution >= 4 is 17.4 Å². The van der Waals surface area contributed by atoms with Gasteiger partial charge in [-0.2, -0.15) is 0 Å². The molecule has 8 heteroatoms. The van der Waals surface area contributed by atoms with Crippen molar-refractivity contribution in [2.24, 2.45) is 0 Å². The second-order valence-corrected chi connectivity index (χ2v) is 9.98. The number of hydrogen-bond acceptors (Lipinski definition) is 6. The van der Waals surface area contributed by atoms with Crippen molar-refractivity contribution in [1.82, 2.24) is 19.4 Å². The average molecular weight is 486 g/mol. The first-order valence-corrected chi connectivity index (χ1v) is 12.7. The number of ketones is 1. The van der Waals surface area contributed by atoms with Crippen LogP contribution >= 0.6 is 0 Å². The maximum atomic E-state index is 13.7. The predicted molar refractivity (Wildman–Crippen MR) is 137 cm³/mol. The Balaban J connectivity index is 1.27. The first-order chi connectivity index (χ1) is 17.5. The lowest BCUT2D eigenvalue weighted by molar-refractivity contribution is -0.123. The Morgan fingerprint density at radius 2 is 1.75 bits per heavy atom. The number of nitrogens with zero attached hydrogens (tertiary/aromatic N) is 5. The van der Waals surface area contributed by atoms with Gasteiger partial charge < -0.3 is 19.1 Å². The van der Waals surface area contributed by atoms with E-state index in [2.05, 4.69) is 50.7 Å². The van der Waals surface area contributed by atoms with E-state index in [4.69, 9.17) is 4.74 Å². The predicted octanol–water partition coefficient (Wildman–Crippen LogP) is 3.37. The molecule has 0 N–H and O–H groups in total. The number of carbonyl (C=O) groups is 2. The van der Waals surface area contributed by atoms with Crippen molar-refractivity contribution in [2.45, 2.75) is 32.4 Å². The minimum Gasteiger partial charge on any atom is -0.472 e. The van der Waals surface area contributed by atoms with Crippen LogP contribution < -0.4 is 9.64 Å². The van der Waals surface area contributed by atoms with Crippen LogP contribution in [0.1, 0.15) is 41.1 Å². The first kappa shape index (κ1) is 22.8. The maximum Gasteiger partial charge on any atom is 0.261 e. The Morgan fingerprint density at radius 1 is 1.00 bits per heavy atom. The second-order valence-electron chi connectivity index (χ2n) is 9.98. The number of carbonyl (C=O) groups excluding carboxylic acids is 2. The molecule has 3 aromatic rings. The number of aryl methyl sites for hydroxylation is 1. The zero-order valence-electron chi connectivity index (χ0n) is 20.8. The molecule has 6 rings (SSSR count). The summed E-state index contributed by atoms with van der Waals surface area (Å²) >= 11 is 0. The minimum atomic E-state index is -0.744. The number of anilines is 1. The van der Waals surface area contributed by atoms with Gasteiger partial charge in [-0.3, -0.25) is 14.5 Å². The molecule has 36 heavy (non-hydrogen) atoms. The molecule has 1 fully saturated rings. The van der Waals surface area contributed by atoms with E-state index in [0.717, 1.165) is 62.4 Å². The van der Waals surface area contributed by atoms with Gasteiger partial charge in [-0.05, 0) is 62.2 Å². The summed E-state index contributed by atoms with van der Waals surface area (Å²) in [5, 5.41) is 0. The van der Waals surface area contributed by atoms with E-state index in [1.165, 1.54) is 17.5 Å². The monoisotopic (exact) mass is 485 g/mol. The number of ether oxygens (including phenoxy) is 1. The molecular weight excluding hydrogens is 454 g/mol. The molecule has 3 aliphatic heterocycles. The highest BCUT2D eigenvalue weighted by Gasteiger charge is 2.38. The number of imidazole rings is 1. The van der Waals surface area contributed by atoms with Gasteiger partial charge in [-0.1, -0.05) is 18.2 Å². The Kier molecular flexibility index (Phi) is 5.76. The van der Waals surface area contributed by atoms with E-state index in [1.54, 1.807) is 6.33 Å². The number of aromatic nitrogens is 2. The molecule has 8 nitrogen and oxygen atoms in total. The van der Waals surface area contributed by atoms with Crippen LogP contribution in [0.2, 0.25) is 0 Å². The van der Waals surface area contributed by atoms with E-state index in [1.807, 2.05) is 18.2 Å². The Bertz CT molecular complexity index is 1310. The average Bonchev–Trinajstić information content (AvgIpc) is 3.51. The van der Waals surface area contributed by atoms with E-state index < -0.39 is 6.04 Å². The molecule has 1 saturated heterocycles. The molecule has 0 bridgehead atoms. The first-order valence-electron chi connectivity index (χ1n) is 12.7. The highest BCUT2D eigenvalue weighted by atomic mass is 16.5. The number of rotatable bonds is 5. The number of amides is 1. The zero-order valence-corrected chi connectivity index (χ0v) is 20.8. The quantitative estimate of drug-likeness (QED) is 0.552. The van der Waals surface area contributed by atoms with Gasteiger partial charge in [0.15, 0.2) is 12.5 Å². The van der Waals surface area contributed by atoms with Gasteiger partial charge >= 0.3 is 0 Å². The molecule has 186 valence electrons. The van der Waals surface area contributed by atoms with Crippen molar-refractivity contribution in [3.8, 4) is 16.9 Å². The van der Waals surface area contributed by atoms with Crippen LogP contribution in [0.3, 0.4) is 0 Å². The Morgan fingerprint density at radius 3 is 2.50 bits per heavy atom. The number of likely N-dealkylation sites (N-methyl/N-ethyl adjacent to an activating group) is 1. The van der Waals surface area contributed by atoms with Crippen LogP contribution in [0.15, 0.2) is 48.8 Å². The summed E-state index contributed by atoms with van der Waals surface area (Å²) in [7, 11) is 2.16. The van der Waals surface area contributed by atoms with Crippen molar-refractivity contribution in [3.05, 3.63) is 65.7 Å². The van der Waals surface area contributed by atoms with Gasteiger partial charge in [-0.25, -0.2) is 4.98 Å². The number of Topliss-reactive ketones (excluding diaryl/α,β-unsaturated/α-hetero) is 1. The molecule has 1 aromatic heterocycles. The standard InChI is InChI=1S/C28H31N5O3/c1-19(34)27(26-24-4-3-11-32(24)17-29-26)33-18-36-25-10-7-21(16-23(25)28(33)35)20-5-8-22(9-6-20)31-14-12-30(2)13-15-31/h5-10,16-17,27H,3-4,11-15,18H2,1-2H3. The molecule has 3 aliphatic rings. The van der Waals surface area contributed by atoms with Crippen molar-refractivity contribution < 1.29 is 14.3 Å². The third kappa shape index (κ3) is 3.95. The number of benzene rings is 2. The summed E-state index contributed by atoms with van der Waals surface area (Å²) in [5.41, 5.74) is 5.39. The zero-order chi connectivity index (χ0) is 24.8. The SMILES string of the molecule is CC(=O)C(c1ncn2c1CCC2)N1COc2ccc(-c3ccc(N4CCN(C)CC4)cc3)cc2C1=O. The lowest BCUT2D eigenvalue weighted by atomic mass is 9.99. The molecule has 1 amide bonds.